The third-order valence-electron chi connectivity index (χ3n) is 2.92. The first-order valence-corrected chi connectivity index (χ1v) is 6.02. The predicted molar refractivity (Wildman–Crippen MR) is 65.3 cm³/mol. The number of hydrogen-bond acceptors (Lipinski definition) is 3. The molecule has 17 heavy (non-hydrogen) atoms. The Balaban J connectivity index is 1.78. The quantitative estimate of drug-likeness (QED) is 0.709. The van der Waals surface area contributed by atoms with Crippen molar-refractivity contribution >= 4 is 5.78 Å². The molecule has 2 rings (SSSR count). The summed E-state index contributed by atoms with van der Waals surface area (Å²) in [6.45, 7) is 4.12. The van der Waals surface area contributed by atoms with Crippen molar-refractivity contribution in [3.8, 4) is 5.75 Å². The van der Waals surface area contributed by atoms with Gasteiger partial charge in [-0.1, -0.05) is 12.1 Å². The van der Waals surface area contributed by atoms with Crippen LogP contribution in [-0.2, 0) is 16.0 Å². The van der Waals surface area contributed by atoms with Crippen LogP contribution in [0.5, 0.6) is 5.75 Å². The first kappa shape index (κ1) is 12.1. The molecule has 1 fully saturated rings. The molecule has 1 heterocycles. The zero-order chi connectivity index (χ0) is 12.3. The van der Waals surface area contributed by atoms with Crippen molar-refractivity contribution in [3.63, 3.8) is 0 Å². The maximum atomic E-state index is 10.8. The molecule has 92 valence electrons. The van der Waals surface area contributed by atoms with Crippen molar-refractivity contribution in [1.82, 2.24) is 0 Å². The Morgan fingerprint density at radius 2 is 2.00 bits per heavy atom. The normalized spacial score (nSPS) is 22.2. The monoisotopic (exact) mass is 234 g/mol. The van der Waals surface area contributed by atoms with Crippen molar-refractivity contribution in [3.05, 3.63) is 29.8 Å². The van der Waals surface area contributed by atoms with E-state index in [-0.39, 0.29) is 5.78 Å². The van der Waals surface area contributed by atoms with E-state index in [0.29, 0.717) is 25.2 Å². The number of carbonyl (C=O) groups is 1. The molecule has 2 atom stereocenters. The molecule has 0 spiro atoms. The first-order valence-electron chi connectivity index (χ1n) is 6.02. The van der Waals surface area contributed by atoms with Gasteiger partial charge in [0.2, 0.25) is 0 Å². The Morgan fingerprint density at radius 3 is 2.53 bits per heavy atom. The highest BCUT2D eigenvalue weighted by molar-refractivity contribution is 5.75. The summed E-state index contributed by atoms with van der Waals surface area (Å²) in [7, 11) is 0. The average Bonchev–Trinajstić information content (AvgIpc) is 2.96. The van der Waals surface area contributed by atoms with Gasteiger partial charge < -0.3 is 9.47 Å². The minimum atomic E-state index is 0.154. The van der Waals surface area contributed by atoms with E-state index in [1.165, 1.54) is 5.56 Å². The van der Waals surface area contributed by atoms with Crippen LogP contribution < -0.4 is 4.74 Å². The molecule has 3 heteroatoms. The lowest BCUT2D eigenvalue weighted by molar-refractivity contribution is -0.117. The van der Waals surface area contributed by atoms with E-state index >= 15 is 0 Å². The smallest absolute Gasteiger partial charge is 0.133 e. The standard InChI is InChI=1S/C14H18O3/c1-10(15)7-8-16-13-5-3-12(4-6-13)9-14-11(2)17-14/h3-6,11,14H,7-9H2,1-2H3. The summed E-state index contributed by atoms with van der Waals surface area (Å²) >= 11 is 0. The van der Waals surface area contributed by atoms with Crippen molar-refractivity contribution < 1.29 is 14.3 Å². The van der Waals surface area contributed by atoms with Gasteiger partial charge in [0.05, 0.1) is 18.8 Å². The van der Waals surface area contributed by atoms with Gasteiger partial charge in [0, 0.05) is 12.8 Å². The van der Waals surface area contributed by atoms with E-state index in [9.17, 15) is 4.79 Å². The number of benzene rings is 1. The van der Waals surface area contributed by atoms with Crippen molar-refractivity contribution in [2.75, 3.05) is 6.61 Å². The number of rotatable bonds is 6. The second-order valence-corrected chi connectivity index (χ2v) is 4.53. The zero-order valence-electron chi connectivity index (χ0n) is 10.3. The molecule has 0 radical (unpaired) electrons. The van der Waals surface area contributed by atoms with Crippen LogP contribution in [0.1, 0.15) is 25.8 Å². The van der Waals surface area contributed by atoms with Crippen molar-refractivity contribution in [2.45, 2.75) is 38.9 Å². The maximum Gasteiger partial charge on any atom is 0.133 e. The molecule has 0 aliphatic carbocycles. The Morgan fingerprint density at radius 1 is 1.35 bits per heavy atom. The number of ether oxygens (including phenoxy) is 2. The van der Waals surface area contributed by atoms with Gasteiger partial charge in [0.15, 0.2) is 0 Å². The Bertz CT molecular complexity index is 383. The number of Topliss-reactive ketones (excluding diaryl/α,β-unsaturated/α-hetero) is 1. The summed E-state index contributed by atoms with van der Waals surface area (Å²) in [6, 6.07) is 8.00. The second-order valence-electron chi connectivity index (χ2n) is 4.53. The van der Waals surface area contributed by atoms with Gasteiger partial charge in [-0.05, 0) is 31.5 Å². The third-order valence-corrected chi connectivity index (χ3v) is 2.92. The highest BCUT2D eigenvalue weighted by Gasteiger charge is 2.33. The van der Waals surface area contributed by atoms with Crippen molar-refractivity contribution in [2.24, 2.45) is 0 Å². The van der Waals surface area contributed by atoms with Gasteiger partial charge in [-0.15, -0.1) is 0 Å². The highest BCUT2D eigenvalue weighted by Crippen LogP contribution is 2.25. The first-order chi connectivity index (χ1) is 8.15. The van der Waals surface area contributed by atoms with Crippen LogP contribution in [0.25, 0.3) is 0 Å². The van der Waals surface area contributed by atoms with Gasteiger partial charge in [-0.2, -0.15) is 0 Å². The molecule has 0 saturated carbocycles. The van der Waals surface area contributed by atoms with Crippen LogP contribution in [0.2, 0.25) is 0 Å². The fourth-order valence-electron chi connectivity index (χ4n) is 1.71. The summed E-state index contributed by atoms with van der Waals surface area (Å²) in [5.41, 5.74) is 1.26. The van der Waals surface area contributed by atoms with Crippen molar-refractivity contribution in [1.29, 1.82) is 0 Å². The lowest BCUT2D eigenvalue weighted by Gasteiger charge is -2.05. The van der Waals surface area contributed by atoms with E-state index in [2.05, 4.69) is 19.1 Å². The van der Waals surface area contributed by atoms with Crippen LogP contribution in [0, 0.1) is 0 Å². The predicted octanol–water partition coefficient (Wildman–Crippen LogP) is 2.37. The van der Waals surface area contributed by atoms with E-state index < -0.39 is 0 Å². The summed E-state index contributed by atoms with van der Waals surface area (Å²) in [5.74, 6) is 0.973. The summed E-state index contributed by atoms with van der Waals surface area (Å²) < 4.78 is 10.8. The highest BCUT2D eigenvalue weighted by atomic mass is 16.6. The fraction of sp³-hybridized carbons (Fsp3) is 0.500. The molecular weight excluding hydrogens is 216 g/mol. The number of ketones is 1. The van der Waals surface area contributed by atoms with Crippen LogP contribution >= 0.6 is 0 Å². The minimum Gasteiger partial charge on any atom is -0.493 e. The number of hydrogen-bond donors (Lipinski definition) is 0. The lowest BCUT2D eigenvalue weighted by atomic mass is 10.1. The van der Waals surface area contributed by atoms with E-state index in [4.69, 9.17) is 9.47 Å². The van der Waals surface area contributed by atoms with Crippen LogP contribution in [0.4, 0.5) is 0 Å². The van der Waals surface area contributed by atoms with E-state index in [1.807, 2.05) is 12.1 Å². The largest absolute Gasteiger partial charge is 0.493 e. The number of carbonyl (C=O) groups excluding carboxylic acids is 1. The molecule has 0 N–H and O–H groups in total. The fourth-order valence-corrected chi connectivity index (χ4v) is 1.71. The SMILES string of the molecule is CC(=O)CCOc1ccc(CC2OC2C)cc1. The Hall–Kier alpha value is -1.35. The lowest BCUT2D eigenvalue weighted by Crippen LogP contribution is -2.02. The van der Waals surface area contributed by atoms with Gasteiger partial charge in [-0.3, -0.25) is 4.79 Å². The van der Waals surface area contributed by atoms with E-state index in [1.54, 1.807) is 6.92 Å². The maximum absolute atomic E-state index is 10.8. The molecule has 2 unspecified atom stereocenters. The molecule has 1 aliphatic rings. The van der Waals surface area contributed by atoms with Gasteiger partial charge in [0.25, 0.3) is 0 Å². The molecule has 1 saturated heterocycles. The summed E-state index contributed by atoms with van der Waals surface area (Å²) in [4.78, 5) is 10.8. The summed E-state index contributed by atoms with van der Waals surface area (Å²) in [5, 5.41) is 0. The van der Waals surface area contributed by atoms with Gasteiger partial charge in [-0.25, -0.2) is 0 Å². The topological polar surface area (TPSA) is 38.8 Å². The molecule has 1 aliphatic heterocycles. The third kappa shape index (κ3) is 3.86. The molecule has 1 aromatic rings. The van der Waals surface area contributed by atoms with Gasteiger partial charge in [0.1, 0.15) is 11.5 Å². The molecule has 3 nitrogen and oxygen atoms in total. The minimum absolute atomic E-state index is 0.154. The number of epoxide rings is 1. The van der Waals surface area contributed by atoms with Crippen LogP contribution in [0.3, 0.4) is 0 Å². The molecule has 1 aromatic carbocycles. The molecule has 0 bridgehead atoms. The molecular formula is C14H18O3. The van der Waals surface area contributed by atoms with Gasteiger partial charge >= 0.3 is 0 Å². The van der Waals surface area contributed by atoms with Crippen LogP contribution in [-0.4, -0.2) is 24.6 Å². The molecule has 0 amide bonds. The molecule has 0 aromatic heterocycles. The Labute approximate surface area is 102 Å². The second kappa shape index (κ2) is 5.32. The van der Waals surface area contributed by atoms with E-state index in [0.717, 1.165) is 12.2 Å². The zero-order valence-corrected chi connectivity index (χ0v) is 10.3. The van der Waals surface area contributed by atoms with Crippen LogP contribution in [0.15, 0.2) is 24.3 Å². The summed E-state index contributed by atoms with van der Waals surface area (Å²) in [6.07, 6.45) is 2.23. The Kier molecular flexibility index (Phi) is 3.79. The average molecular weight is 234 g/mol.